The molecule has 2 aromatic carbocycles. The van der Waals surface area contributed by atoms with E-state index < -0.39 is 5.66 Å². The number of rotatable bonds is 2. The van der Waals surface area contributed by atoms with Gasteiger partial charge in [0.1, 0.15) is 5.75 Å². The van der Waals surface area contributed by atoms with E-state index >= 15 is 0 Å². The number of hydrogen-bond acceptors (Lipinski definition) is 4. The van der Waals surface area contributed by atoms with Gasteiger partial charge in [-0.3, -0.25) is 5.32 Å². The number of benzene rings is 2. The lowest BCUT2D eigenvalue weighted by Crippen LogP contribution is -2.63. The van der Waals surface area contributed by atoms with Crippen LogP contribution in [0.4, 0.5) is 0 Å². The Kier molecular flexibility index (Phi) is 3.60. The summed E-state index contributed by atoms with van der Waals surface area (Å²) in [7, 11) is 0. The lowest BCUT2D eigenvalue weighted by Gasteiger charge is -2.39. The van der Waals surface area contributed by atoms with Crippen LogP contribution in [0.15, 0.2) is 53.4 Å². The predicted octanol–water partition coefficient (Wildman–Crippen LogP) is 2.93. The summed E-state index contributed by atoms with van der Waals surface area (Å²) in [6, 6.07) is 16.8. The maximum absolute atomic E-state index is 6.61. The number of nitrogens with two attached hydrogens (primary N) is 1. The van der Waals surface area contributed by atoms with Gasteiger partial charge in [0, 0.05) is 23.5 Å². The summed E-state index contributed by atoms with van der Waals surface area (Å²) in [5.41, 5.74) is 8.82. The van der Waals surface area contributed by atoms with Crippen LogP contribution in [-0.4, -0.2) is 17.6 Å². The van der Waals surface area contributed by atoms with Crippen molar-refractivity contribution < 1.29 is 4.74 Å². The fourth-order valence-electron chi connectivity index (χ4n) is 3.23. The number of nitrogens with one attached hydrogen (secondary N) is 1. The third kappa shape index (κ3) is 2.74. The molecule has 0 saturated heterocycles. The Morgan fingerprint density at radius 1 is 1.09 bits per heavy atom. The lowest BCUT2D eigenvalue weighted by molar-refractivity contribution is 0.100. The molecule has 2 aromatic rings. The van der Waals surface area contributed by atoms with E-state index in [1.54, 1.807) is 0 Å². The molecule has 4 rings (SSSR count). The smallest absolute Gasteiger partial charge is 0.151 e. The molecule has 2 atom stereocenters. The molecule has 0 fully saturated rings. The van der Waals surface area contributed by atoms with Crippen LogP contribution in [0.3, 0.4) is 0 Å². The molecular formula is C18H20N2OS. The van der Waals surface area contributed by atoms with Crippen LogP contribution in [0, 0.1) is 0 Å². The molecule has 4 heteroatoms. The molecule has 0 radical (unpaired) electrons. The number of aryl methyl sites for hydroxylation is 1. The van der Waals surface area contributed by atoms with Crippen LogP contribution in [0.1, 0.15) is 17.5 Å². The molecule has 114 valence electrons. The van der Waals surface area contributed by atoms with E-state index in [1.807, 2.05) is 23.9 Å². The standard InChI is InChI=1S/C18H20N2OS/c19-18(11-14-6-2-4-8-16(14)22-12-18)20-17-10-9-13-5-1-3-7-15(13)21-17/h1-8,17,20H,9-12,19H2. The van der Waals surface area contributed by atoms with Crippen molar-refractivity contribution in [1.82, 2.24) is 5.32 Å². The second-order valence-corrected chi connectivity index (χ2v) is 7.14. The van der Waals surface area contributed by atoms with Crippen molar-refractivity contribution in [3.8, 4) is 5.75 Å². The van der Waals surface area contributed by atoms with E-state index in [4.69, 9.17) is 10.5 Å². The van der Waals surface area contributed by atoms with E-state index in [-0.39, 0.29) is 6.23 Å². The first-order valence-corrected chi connectivity index (χ1v) is 8.72. The van der Waals surface area contributed by atoms with Crippen molar-refractivity contribution in [3.63, 3.8) is 0 Å². The second-order valence-electron chi connectivity index (χ2n) is 6.13. The molecule has 3 N–H and O–H groups in total. The molecule has 0 amide bonds. The van der Waals surface area contributed by atoms with Gasteiger partial charge < -0.3 is 10.5 Å². The molecule has 2 unspecified atom stereocenters. The van der Waals surface area contributed by atoms with Gasteiger partial charge in [-0.2, -0.15) is 0 Å². The molecule has 0 aliphatic carbocycles. The van der Waals surface area contributed by atoms with E-state index in [2.05, 4.69) is 41.7 Å². The molecule has 2 aliphatic rings. The Balaban J connectivity index is 1.48. The van der Waals surface area contributed by atoms with Gasteiger partial charge in [-0.05, 0) is 29.7 Å². The number of hydrogen-bond donors (Lipinski definition) is 2. The monoisotopic (exact) mass is 312 g/mol. The summed E-state index contributed by atoms with van der Waals surface area (Å²) in [4.78, 5) is 1.35. The molecule has 22 heavy (non-hydrogen) atoms. The van der Waals surface area contributed by atoms with Gasteiger partial charge in [0.15, 0.2) is 6.23 Å². The fraction of sp³-hybridized carbons (Fsp3) is 0.333. The Morgan fingerprint density at radius 3 is 2.77 bits per heavy atom. The maximum Gasteiger partial charge on any atom is 0.151 e. The zero-order chi connectivity index (χ0) is 15.0. The first-order valence-electron chi connectivity index (χ1n) is 7.74. The van der Waals surface area contributed by atoms with Crippen molar-refractivity contribution in [2.75, 3.05) is 5.75 Å². The first-order chi connectivity index (χ1) is 10.7. The van der Waals surface area contributed by atoms with E-state index in [9.17, 15) is 0 Å². The van der Waals surface area contributed by atoms with Crippen LogP contribution >= 0.6 is 11.8 Å². The van der Waals surface area contributed by atoms with Crippen LogP contribution in [0.25, 0.3) is 0 Å². The van der Waals surface area contributed by atoms with E-state index in [0.717, 1.165) is 30.8 Å². The van der Waals surface area contributed by atoms with Crippen molar-refractivity contribution >= 4 is 11.8 Å². The first kappa shape index (κ1) is 14.1. The Bertz CT molecular complexity index is 690. The van der Waals surface area contributed by atoms with Gasteiger partial charge in [-0.1, -0.05) is 36.4 Å². The Hall–Kier alpha value is -1.49. The van der Waals surface area contributed by atoms with Crippen molar-refractivity contribution in [2.45, 2.75) is 36.0 Å². The highest BCUT2D eigenvalue weighted by molar-refractivity contribution is 7.99. The number of thioether (sulfide) groups is 1. The minimum atomic E-state index is -0.407. The Morgan fingerprint density at radius 2 is 1.86 bits per heavy atom. The van der Waals surface area contributed by atoms with E-state index in [1.165, 1.54) is 16.0 Å². The van der Waals surface area contributed by atoms with Gasteiger partial charge in [-0.15, -0.1) is 11.8 Å². The van der Waals surface area contributed by atoms with Crippen molar-refractivity contribution in [3.05, 3.63) is 59.7 Å². The summed E-state index contributed by atoms with van der Waals surface area (Å²) in [6.45, 7) is 0. The molecule has 2 heterocycles. The summed E-state index contributed by atoms with van der Waals surface area (Å²) in [6.07, 6.45) is 2.83. The Labute approximate surface area is 135 Å². The quantitative estimate of drug-likeness (QED) is 0.837. The van der Waals surface area contributed by atoms with Crippen LogP contribution < -0.4 is 15.8 Å². The largest absolute Gasteiger partial charge is 0.475 e. The van der Waals surface area contributed by atoms with Gasteiger partial charge in [0.05, 0.1) is 5.66 Å². The minimum Gasteiger partial charge on any atom is -0.475 e. The molecule has 0 bridgehead atoms. The molecule has 0 saturated carbocycles. The topological polar surface area (TPSA) is 47.3 Å². The highest BCUT2D eigenvalue weighted by atomic mass is 32.2. The maximum atomic E-state index is 6.61. The second kappa shape index (κ2) is 5.61. The summed E-state index contributed by atoms with van der Waals surface area (Å²) >= 11 is 1.83. The average Bonchev–Trinajstić information content (AvgIpc) is 2.54. The highest BCUT2D eigenvalue weighted by Gasteiger charge is 2.34. The third-order valence-electron chi connectivity index (χ3n) is 4.33. The van der Waals surface area contributed by atoms with E-state index in [0.29, 0.717) is 0 Å². The van der Waals surface area contributed by atoms with Crippen LogP contribution in [0.2, 0.25) is 0 Å². The highest BCUT2D eigenvalue weighted by Crippen LogP contribution is 2.34. The zero-order valence-electron chi connectivity index (χ0n) is 12.4. The molecule has 0 aromatic heterocycles. The number of ether oxygens (including phenoxy) is 1. The van der Waals surface area contributed by atoms with Gasteiger partial charge in [0.25, 0.3) is 0 Å². The predicted molar refractivity (Wildman–Crippen MR) is 90.1 cm³/mol. The average molecular weight is 312 g/mol. The van der Waals surface area contributed by atoms with Crippen LogP contribution in [-0.2, 0) is 12.8 Å². The molecule has 3 nitrogen and oxygen atoms in total. The van der Waals surface area contributed by atoms with Crippen LogP contribution in [0.5, 0.6) is 5.75 Å². The van der Waals surface area contributed by atoms with Gasteiger partial charge in [-0.25, -0.2) is 0 Å². The summed E-state index contributed by atoms with van der Waals surface area (Å²) < 4.78 is 6.09. The number of fused-ring (bicyclic) bond motifs is 2. The van der Waals surface area contributed by atoms with Crippen molar-refractivity contribution in [2.24, 2.45) is 5.73 Å². The normalized spacial score (nSPS) is 26.7. The zero-order valence-corrected chi connectivity index (χ0v) is 13.2. The summed E-state index contributed by atoms with van der Waals surface area (Å²) in [5.74, 6) is 1.85. The lowest BCUT2D eigenvalue weighted by atomic mass is 9.99. The minimum absolute atomic E-state index is 0.00855. The molecular weight excluding hydrogens is 292 g/mol. The van der Waals surface area contributed by atoms with Gasteiger partial charge in [0.2, 0.25) is 0 Å². The molecule has 0 spiro atoms. The summed E-state index contributed by atoms with van der Waals surface area (Å²) in [5, 5.41) is 3.55. The van der Waals surface area contributed by atoms with Gasteiger partial charge >= 0.3 is 0 Å². The number of para-hydroxylation sites is 1. The SMILES string of the molecule is NC1(NC2CCc3ccccc3O2)CSc2ccccc2C1. The molecule has 2 aliphatic heterocycles. The third-order valence-corrected chi connectivity index (χ3v) is 5.70. The van der Waals surface area contributed by atoms with Crippen molar-refractivity contribution in [1.29, 1.82) is 0 Å². The fourth-order valence-corrected chi connectivity index (χ4v) is 4.33.